The fraction of sp³-hybridized carbons (Fsp3) is 1.00. The number of rotatable bonds is 3. The molecule has 6 heteroatoms. The van der Waals surface area contributed by atoms with E-state index in [9.17, 15) is 8.42 Å². The van der Waals surface area contributed by atoms with Gasteiger partial charge in [-0.1, -0.05) is 6.42 Å². The van der Waals surface area contributed by atoms with Crippen LogP contribution in [0.1, 0.15) is 33.1 Å². The smallest absolute Gasteiger partial charge is 0.215 e. The third-order valence-electron chi connectivity index (χ3n) is 4.50. The van der Waals surface area contributed by atoms with E-state index in [4.69, 9.17) is 0 Å². The molecule has 1 N–H and O–H groups in total. The molecule has 0 bridgehead atoms. The number of piperidine rings is 1. The van der Waals surface area contributed by atoms with Gasteiger partial charge in [-0.15, -0.1) is 0 Å². The molecule has 2 aliphatic rings. The second-order valence-corrected chi connectivity index (χ2v) is 8.51. The van der Waals surface area contributed by atoms with Gasteiger partial charge in [0.1, 0.15) is 0 Å². The quantitative estimate of drug-likeness (QED) is 0.821. The van der Waals surface area contributed by atoms with Crippen molar-refractivity contribution in [3.8, 4) is 0 Å². The van der Waals surface area contributed by atoms with Crippen molar-refractivity contribution in [2.45, 2.75) is 44.7 Å². The van der Waals surface area contributed by atoms with Crippen LogP contribution in [0.4, 0.5) is 0 Å². The van der Waals surface area contributed by atoms with E-state index in [1.165, 1.54) is 0 Å². The van der Waals surface area contributed by atoms with Gasteiger partial charge in [-0.3, -0.25) is 4.90 Å². The number of hydrogen-bond acceptors (Lipinski definition) is 4. The topological polar surface area (TPSA) is 52.7 Å². The number of piperazine rings is 1. The molecule has 0 saturated carbocycles. The molecule has 112 valence electrons. The fourth-order valence-electron chi connectivity index (χ4n) is 2.86. The summed E-state index contributed by atoms with van der Waals surface area (Å²) in [5.41, 5.74) is -0.0781. The molecule has 1 atom stereocenters. The molecule has 0 spiro atoms. The van der Waals surface area contributed by atoms with Crippen molar-refractivity contribution in [1.29, 1.82) is 0 Å². The Bertz CT molecular complexity index is 402. The Labute approximate surface area is 117 Å². The zero-order chi connectivity index (χ0) is 14.1. The molecule has 19 heavy (non-hydrogen) atoms. The van der Waals surface area contributed by atoms with Gasteiger partial charge in [-0.05, 0) is 40.3 Å². The van der Waals surface area contributed by atoms with E-state index in [0.717, 1.165) is 32.4 Å². The lowest BCUT2D eigenvalue weighted by atomic mass is 10.0. The summed E-state index contributed by atoms with van der Waals surface area (Å²) in [5, 5.41) is 3.33. The Hall–Kier alpha value is -0.170. The maximum Gasteiger partial charge on any atom is 0.215 e. The molecule has 0 radical (unpaired) electrons. The molecule has 0 aromatic carbocycles. The summed E-state index contributed by atoms with van der Waals surface area (Å²) in [7, 11) is -1.07. The normalized spacial score (nSPS) is 30.4. The van der Waals surface area contributed by atoms with Crippen LogP contribution in [-0.4, -0.2) is 68.2 Å². The number of nitrogens with one attached hydrogen (secondary N) is 1. The van der Waals surface area contributed by atoms with Crippen LogP contribution in [0.5, 0.6) is 0 Å². The van der Waals surface area contributed by atoms with Crippen LogP contribution < -0.4 is 5.32 Å². The van der Waals surface area contributed by atoms with E-state index in [2.05, 4.69) is 31.1 Å². The van der Waals surface area contributed by atoms with Crippen molar-refractivity contribution in [1.82, 2.24) is 14.5 Å². The first kappa shape index (κ1) is 15.2. The predicted octanol–water partition coefficient (Wildman–Crippen LogP) is 0.484. The number of likely N-dealkylation sites (N-methyl/N-ethyl adjacent to an activating group) is 1. The summed E-state index contributed by atoms with van der Waals surface area (Å²) >= 11 is 0. The summed E-state index contributed by atoms with van der Waals surface area (Å²) in [4.78, 5) is 2.23. The highest BCUT2D eigenvalue weighted by atomic mass is 32.2. The first-order valence-corrected chi connectivity index (χ1v) is 8.85. The van der Waals surface area contributed by atoms with Gasteiger partial charge in [0.05, 0.1) is 5.75 Å². The molecule has 2 fully saturated rings. The molecule has 0 aromatic rings. The van der Waals surface area contributed by atoms with E-state index in [1.54, 1.807) is 4.31 Å². The van der Waals surface area contributed by atoms with Crippen molar-refractivity contribution in [2.24, 2.45) is 0 Å². The van der Waals surface area contributed by atoms with Gasteiger partial charge in [0, 0.05) is 31.2 Å². The standard InChI is InChI=1S/C13H27N3O2S/c1-13(2)11-16(9-8-15(13)3)19(17,18)10-12-6-4-5-7-14-12/h12,14H,4-11H2,1-3H3. The molecule has 0 amide bonds. The van der Waals surface area contributed by atoms with Crippen LogP contribution in [0, 0.1) is 0 Å². The van der Waals surface area contributed by atoms with Crippen molar-refractivity contribution in [2.75, 3.05) is 39.0 Å². The van der Waals surface area contributed by atoms with Crippen molar-refractivity contribution in [3.63, 3.8) is 0 Å². The summed E-state index contributed by atoms with van der Waals surface area (Å²) in [6.45, 7) is 7.19. The molecule has 2 heterocycles. The van der Waals surface area contributed by atoms with Gasteiger partial charge >= 0.3 is 0 Å². The van der Waals surface area contributed by atoms with Crippen LogP contribution in [0.3, 0.4) is 0 Å². The minimum atomic E-state index is -3.13. The maximum absolute atomic E-state index is 12.5. The minimum absolute atomic E-state index is 0.0781. The van der Waals surface area contributed by atoms with Crippen molar-refractivity contribution in [3.05, 3.63) is 0 Å². The van der Waals surface area contributed by atoms with Gasteiger partial charge in [-0.25, -0.2) is 8.42 Å². The summed E-state index contributed by atoms with van der Waals surface area (Å²) < 4.78 is 26.7. The number of sulfonamides is 1. The minimum Gasteiger partial charge on any atom is -0.313 e. The highest BCUT2D eigenvalue weighted by molar-refractivity contribution is 7.89. The highest BCUT2D eigenvalue weighted by Crippen LogP contribution is 2.22. The van der Waals surface area contributed by atoms with Crippen LogP contribution in [0.15, 0.2) is 0 Å². The van der Waals surface area contributed by atoms with E-state index in [0.29, 0.717) is 13.1 Å². The summed E-state index contributed by atoms with van der Waals surface area (Å²) in [5.74, 6) is 0.257. The lowest BCUT2D eigenvalue weighted by molar-refractivity contribution is 0.0800. The summed E-state index contributed by atoms with van der Waals surface area (Å²) in [6, 6.07) is 0.140. The largest absolute Gasteiger partial charge is 0.313 e. The molecule has 0 aromatic heterocycles. The molecular formula is C13H27N3O2S. The third-order valence-corrected chi connectivity index (χ3v) is 6.42. The molecule has 2 aliphatic heterocycles. The second-order valence-electron chi connectivity index (χ2n) is 6.49. The predicted molar refractivity (Wildman–Crippen MR) is 77.7 cm³/mol. The first-order chi connectivity index (χ1) is 8.81. The van der Waals surface area contributed by atoms with E-state index in [-0.39, 0.29) is 17.3 Å². The zero-order valence-corrected chi connectivity index (χ0v) is 13.2. The molecule has 0 aliphatic carbocycles. The average Bonchev–Trinajstić information content (AvgIpc) is 2.33. The molecule has 2 saturated heterocycles. The fourth-order valence-corrected chi connectivity index (χ4v) is 4.74. The van der Waals surface area contributed by atoms with E-state index >= 15 is 0 Å². The van der Waals surface area contributed by atoms with Crippen molar-refractivity contribution < 1.29 is 8.42 Å². The average molecular weight is 289 g/mol. The van der Waals surface area contributed by atoms with Gasteiger partial charge < -0.3 is 5.32 Å². The first-order valence-electron chi connectivity index (χ1n) is 7.24. The maximum atomic E-state index is 12.5. The zero-order valence-electron chi connectivity index (χ0n) is 12.4. The molecule has 1 unspecified atom stereocenters. The van der Waals surface area contributed by atoms with Crippen molar-refractivity contribution >= 4 is 10.0 Å². The monoisotopic (exact) mass is 289 g/mol. The lowest BCUT2D eigenvalue weighted by Crippen LogP contribution is -2.59. The van der Waals surface area contributed by atoms with Crippen LogP contribution in [-0.2, 0) is 10.0 Å². The van der Waals surface area contributed by atoms with E-state index < -0.39 is 10.0 Å². The Morgan fingerprint density at radius 1 is 1.26 bits per heavy atom. The number of hydrogen-bond donors (Lipinski definition) is 1. The highest BCUT2D eigenvalue weighted by Gasteiger charge is 2.37. The molecule has 5 nitrogen and oxygen atoms in total. The van der Waals surface area contributed by atoms with Gasteiger partial charge in [0.15, 0.2) is 0 Å². The Morgan fingerprint density at radius 3 is 2.58 bits per heavy atom. The van der Waals surface area contributed by atoms with Gasteiger partial charge in [-0.2, -0.15) is 4.31 Å². The molecular weight excluding hydrogens is 262 g/mol. The SMILES string of the molecule is CN1CCN(S(=O)(=O)CC2CCCCN2)CC1(C)C. The second kappa shape index (κ2) is 5.68. The van der Waals surface area contributed by atoms with Crippen LogP contribution in [0.2, 0.25) is 0 Å². The number of nitrogens with zero attached hydrogens (tertiary/aromatic N) is 2. The third kappa shape index (κ3) is 3.68. The Balaban J connectivity index is 1.99. The van der Waals surface area contributed by atoms with E-state index in [1.807, 2.05) is 0 Å². The summed E-state index contributed by atoms with van der Waals surface area (Å²) in [6.07, 6.45) is 3.29. The Morgan fingerprint density at radius 2 is 2.00 bits per heavy atom. The molecule has 2 rings (SSSR count). The van der Waals surface area contributed by atoms with Gasteiger partial charge in [0.25, 0.3) is 0 Å². The van der Waals surface area contributed by atoms with Gasteiger partial charge in [0.2, 0.25) is 10.0 Å². The lowest BCUT2D eigenvalue weighted by Gasteiger charge is -2.45. The Kier molecular flexibility index (Phi) is 4.55. The van der Waals surface area contributed by atoms with Crippen LogP contribution in [0.25, 0.3) is 0 Å². The van der Waals surface area contributed by atoms with Crippen LogP contribution >= 0.6 is 0 Å².